The molecule has 1 N–H and O–H groups in total. The van der Waals surface area contributed by atoms with Crippen LogP contribution in [0, 0.1) is 13.8 Å². The highest BCUT2D eigenvalue weighted by molar-refractivity contribution is 7.17. The van der Waals surface area contributed by atoms with Crippen molar-refractivity contribution in [3.63, 3.8) is 0 Å². The van der Waals surface area contributed by atoms with Crippen LogP contribution in [0.15, 0.2) is 30.3 Å². The normalized spacial score (nSPS) is 13.6. The van der Waals surface area contributed by atoms with Crippen LogP contribution in [0.1, 0.15) is 51.1 Å². The highest BCUT2D eigenvalue weighted by Gasteiger charge is 2.28. The van der Waals surface area contributed by atoms with Gasteiger partial charge in [-0.2, -0.15) is 5.10 Å². The van der Waals surface area contributed by atoms with Crippen molar-refractivity contribution in [1.29, 1.82) is 0 Å². The minimum Gasteiger partial charge on any atom is -0.465 e. The molecule has 3 aromatic rings. The van der Waals surface area contributed by atoms with E-state index in [2.05, 4.69) is 22.2 Å². The van der Waals surface area contributed by atoms with Gasteiger partial charge in [0.2, 0.25) is 5.91 Å². The van der Waals surface area contributed by atoms with Gasteiger partial charge in [0.1, 0.15) is 5.00 Å². The number of aromatic nitrogens is 2. The number of rotatable bonds is 7. The Hall–Kier alpha value is -2.97. The summed E-state index contributed by atoms with van der Waals surface area (Å²) in [7, 11) is 1.38. The molecule has 0 atom stereocenters. The quantitative estimate of drug-likeness (QED) is 0.526. The molecule has 0 saturated heterocycles. The summed E-state index contributed by atoms with van der Waals surface area (Å²) in [6.45, 7) is 8.81. The van der Waals surface area contributed by atoms with E-state index in [4.69, 9.17) is 4.74 Å². The predicted octanol–water partition coefficient (Wildman–Crippen LogP) is 4.29. The number of nitrogens with one attached hydrogen (secondary N) is 1. The first-order valence-corrected chi connectivity index (χ1v) is 12.1. The number of aryl methyl sites for hydroxylation is 3. The van der Waals surface area contributed by atoms with Crippen LogP contribution in [0.3, 0.4) is 0 Å². The third-order valence-corrected chi connectivity index (χ3v) is 7.19. The van der Waals surface area contributed by atoms with Crippen LogP contribution in [-0.4, -0.2) is 46.8 Å². The van der Waals surface area contributed by atoms with Gasteiger partial charge in [0.25, 0.3) is 0 Å². The molecule has 174 valence electrons. The Bertz CT molecular complexity index is 1160. The molecule has 33 heavy (non-hydrogen) atoms. The Kier molecular flexibility index (Phi) is 6.95. The molecule has 0 fully saturated rings. The smallest absolute Gasteiger partial charge is 0.341 e. The molecule has 1 amide bonds. The zero-order valence-electron chi connectivity index (χ0n) is 19.6. The molecule has 1 aliphatic rings. The number of methoxy groups -OCH3 is 1. The largest absolute Gasteiger partial charge is 0.465 e. The summed E-state index contributed by atoms with van der Waals surface area (Å²) >= 11 is 1.49. The molecule has 2 aromatic heterocycles. The van der Waals surface area contributed by atoms with Crippen molar-refractivity contribution in [2.24, 2.45) is 0 Å². The third kappa shape index (κ3) is 5.02. The number of hydrogen-bond acceptors (Lipinski definition) is 6. The lowest BCUT2D eigenvalue weighted by molar-refractivity contribution is -0.116. The number of amides is 1. The number of thiophene rings is 1. The maximum Gasteiger partial charge on any atom is 0.341 e. The van der Waals surface area contributed by atoms with Gasteiger partial charge in [-0.05, 0) is 62.6 Å². The van der Waals surface area contributed by atoms with Gasteiger partial charge < -0.3 is 10.1 Å². The summed E-state index contributed by atoms with van der Waals surface area (Å²) in [4.78, 5) is 28.7. The number of benzene rings is 1. The Morgan fingerprint density at radius 2 is 1.97 bits per heavy atom. The summed E-state index contributed by atoms with van der Waals surface area (Å²) in [5.74, 6) is -0.485. The Morgan fingerprint density at radius 1 is 1.21 bits per heavy atom. The van der Waals surface area contributed by atoms with E-state index >= 15 is 0 Å². The summed E-state index contributed by atoms with van der Waals surface area (Å²) in [6, 6.07) is 10.1. The molecular formula is C25H30N4O3S. The first kappa shape index (κ1) is 23.2. The number of ether oxygens (including phenoxy) is 1. The number of carbonyl (C=O) groups excluding carboxylic acids is 2. The van der Waals surface area contributed by atoms with Crippen LogP contribution in [0.2, 0.25) is 0 Å². The molecule has 0 aliphatic carbocycles. The summed E-state index contributed by atoms with van der Waals surface area (Å²) in [6.07, 6.45) is 1.75. The van der Waals surface area contributed by atoms with Crippen LogP contribution in [0.4, 0.5) is 5.00 Å². The van der Waals surface area contributed by atoms with Crippen molar-refractivity contribution in [2.75, 3.05) is 25.5 Å². The molecule has 0 unspecified atom stereocenters. The van der Waals surface area contributed by atoms with Gasteiger partial charge in [-0.15, -0.1) is 11.3 Å². The molecule has 0 radical (unpaired) electrons. The number of esters is 1. The first-order chi connectivity index (χ1) is 15.9. The van der Waals surface area contributed by atoms with Crippen molar-refractivity contribution in [1.82, 2.24) is 14.7 Å². The second kappa shape index (κ2) is 9.89. The lowest BCUT2D eigenvalue weighted by Gasteiger charge is -2.25. The summed E-state index contributed by atoms with van der Waals surface area (Å²) < 4.78 is 6.93. The minimum atomic E-state index is -0.382. The fraction of sp³-hybridized carbons (Fsp3) is 0.400. The van der Waals surface area contributed by atoms with Crippen molar-refractivity contribution in [3.8, 4) is 5.69 Å². The maximum atomic E-state index is 12.7. The zero-order valence-corrected chi connectivity index (χ0v) is 20.4. The number of carbonyl (C=O) groups is 2. The number of hydrogen-bond donors (Lipinski definition) is 1. The highest BCUT2D eigenvalue weighted by Crippen LogP contribution is 2.37. The number of likely N-dealkylation sites (N-methyl/N-ethyl adjacent to an activating group) is 1. The Morgan fingerprint density at radius 3 is 2.61 bits per heavy atom. The summed E-state index contributed by atoms with van der Waals surface area (Å²) in [5.41, 5.74) is 5.69. The maximum absolute atomic E-state index is 12.7. The summed E-state index contributed by atoms with van der Waals surface area (Å²) in [5, 5.41) is 8.10. The first-order valence-electron chi connectivity index (χ1n) is 11.3. The molecule has 4 rings (SSSR count). The molecule has 1 aliphatic heterocycles. The van der Waals surface area contributed by atoms with Crippen molar-refractivity contribution in [2.45, 2.75) is 46.6 Å². The van der Waals surface area contributed by atoms with Gasteiger partial charge >= 0.3 is 5.97 Å². The number of fused-ring (bicyclic) bond motifs is 1. The van der Waals surface area contributed by atoms with Gasteiger partial charge in [-0.1, -0.05) is 19.1 Å². The van der Waals surface area contributed by atoms with E-state index in [9.17, 15) is 9.59 Å². The van der Waals surface area contributed by atoms with Gasteiger partial charge in [-0.3, -0.25) is 9.69 Å². The standard InChI is InChI=1S/C25H30N4O3S/c1-5-28-13-12-20-21(15-28)33-24(23(20)25(31)32-4)26-22(30)11-8-18-6-9-19(10-7-18)29-17(3)14-16(2)27-29/h6-7,9-10,14H,5,8,11-13,15H2,1-4H3,(H,26,30). The van der Waals surface area contributed by atoms with Crippen molar-refractivity contribution in [3.05, 3.63) is 63.3 Å². The van der Waals surface area contributed by atoms with Crippen LogP contribution in [-0.2, 0) is 28.9 Å². The van der Waals surface area contributed by atoms with Gasteiger partial charge in [0.05, 0.1) is 24.1 Å². The van der Waals surface area contributed by atoms with E-state index in [-0.39, 0.29) is 11.9 Å². The van der Waals surface area contributed by atoms with E-state index in [0.29, 0.717) is 23.4 Å². The second-order valence-electron chi connectivity index (χ2n) is 8.37. The minimum absolute atomic E-state index is 0.103. The SMILES string of the molecule is CCN1CCc2c(sc(NC(=O)CCc3ccc(-n4nc(C)cc4C)cc3)c2C(=O)OC)C1. The van der Waals surface area contributed by atoms with Gasteiger partial charge in [0, 0.05) is 30.1 Å². The molecule has 1 aromatic carbocycles. The third-order valence-electron chi connectivity index (χ3n) is 6.06. The van der Waals surface area contributed by atoms with Crippen molar-refractivity contribution < 1.29 is 14.3 Å². The van der Waals surface area contributed by atoms with Crippen molar-refractivity contribution >= 4 is 28.2 Å². The van der Waals surface area contributed by atoms with E-state index in [1.54, 1.807) is 0 Å². The highest BCUT2D eigenvalue weighted by atomic mass is 32.1. The van der Waals surface area contributed by atoms with Crippen LogP contribution in [0.25, 0.3) is 5.69 Å². The average molecular weight is 467 g/mol. The van der Waals surface area contributed by atoms with Crippen LogP contribution in [0.5, 0.6) is 0 Å². The molecule has 7 nitrogen and oxygen atoms in total. The molecular weight excluding hydrogens is 436 g/mol. The number of nitrogens with zero attached hydrogens (tertiary/aromatic N) is 3. The number of anilines is 1. The lowest BCUT2D eigenvalue weighted by atomic mass is 10.0. The van der Waals surface area contributed by atoms with Gasteiger partial charge in [-0.25, -0.2) is 9.48 Å². The molecule has 0 bridgehead atoms. The molecule has 8 heteroatoms. The fourth-order valence-electron chi connectivity index (χ4n) is 4.27. The molecule has 0 spiro atoms. The second-order valence-corrected chi connectivity index (χ2v) is 9.48. The van der Waals surface area contributed by atoms with Gasteiger partial charge in [0.15, 0.2) is 0 Å². The van der Waals surface area contributed by atoms with Crippen LogP contribution < -0.4 is 5.32 Å². The Labute approximate surface area is 198 Å². The monoisotopic (exact) mass is 466 g/mol. The average Bonchev–Trinajstić information content (AvgIpc) is 3.35. The predicted molar refractivity (Wildman–Crippen MR) is 130 cm³/mol. The molecule has 3 heterocycles. The van der Waals surface area contributed by atoms with E-state index in [1.807, 2.05) is 48.9 Å². The fourth-order valence-corrected chi connectivity index (χ4v) is 5.57. The van der Waals surface area contributed by atoms with E-state index in [0.717, 1.165) is 59.1 Å². The lowest BCUT2D eigenvalue weighted by Crippen LogP contribution is -2.29. The van der Waals surface area contributed by atoms with E-state index < -0.39 is 0 Å². The van der Waals surface area contributed by atoms with E-state index in [1.165, 1.54) is 18.4 Å². The molecule has 0 saturated carbocycles. The van der Waals surface area contributed by atoms with Crippen LogP contribution >= 0.6 is 11.3 Å². The Balaban J connectivity index is 1.42. The topological polar surface area (TPSA) is 76.5 Å². The zero-order chi connectivity index (χ0) is 23.5.